The Labute approximate surface area is 101 Å². The molecule has 0 saturated heterocycles. The van der Waals surface area contributed by atoms with Crippen LogP contribution in [0.5, 0.6) is 6.01 Å². The summed E-state index contributed by atoms with van der Waals surface area (Å²) < 4.78 is 5.22. The maximum atomic E-state index is 5.59. The molecule has 0 aromatic carbocycles. The van der Waals surface area contributed by atoms with Crippen molar-refractivity contribution < 1.29 is 4.74 Å². The summed E-state index contributed by atoms with van der Waals surface area (Å²) in [6.45, 7) is 3.30. The zero-order valence-electron chi connectivity index (χ0n) is 10.1. The molecule has 0 radical (unpaired) electrons. The molecule has 1 aliphatic rings. The number of nitrogens with two attached hydrogens (primary N) is 1. The van der Waals surface area contributed by atoms with Crippen molar-refractivity contribution in [1.82, 2.24) is 15.0 Å². The second-order valence-electron chi connectivity index (χ2n) is 4.26. The maximum absolute atomic E-state index is 5.59. The van der Waals surface area contributed by atoms with Gasteiger partial charge in [0.25, 0.3) is 0 Å². The predicted octanol–water partition coefficient (Wildman–Crippen LogP) is 1.45. The average Bonchev–Trinajstić information content (AvgIpc) is 2.79. The van der Waals surface area contributed by atoms with E-state index in [-0.39, 0.29) is 12.0 Å². The molecule has 0 unspecified atom stereocenters. The van der Waals surface area contributed by atoms with Gasteiger partial charge in [0.15, 0.2) is 0 Å². The molecular formula is C11H19N5O. The van der Waals surface area contributed by atoms with Gasteiger partial charge in [0.1, 0.15) is 0 Å². The van der Waals surface area contributed by atoms with Gasteiger partial charge in [-0.1, -0.05) is 12.8 Å². The normalized spacial score (nSPS) is 16.1. The molecule has 6 heteroatoms. The molecule has 1 fully saturated rings. The number of hydrogen-bond acceptors (Lipinski definition) is 6. The molecule has 94 valence electrons. The van der Waals surface area contributed by atoms with Crippen LogP contribution in [-0.2, 0) is 0 Å². The Hall–Kier alpha value is -1.59. The highest BCUT2D eigenvalue weighted by atomic mass is 16.5. The smallest absolute Gasteiger partial charge is 0.323 e. The van der Waals surface area contributed by atoms with Crippen molar-refractivity contribution in [2.45, 2.75) is 32.6 Å². The van der Waals surface area contributed by atoms with Crippen molar-refractivity contribution in [3.63, 3.8) is 0 Å². The summed E-state index contributed by atoms with van der Waals surface area (Å²) in [5, 5.41) is 3.20. The van der Waals surface area contributed by atoms with Gasteiger partial charge in [-0.05, 0) is 25.7 Å². The van der Waals surface area contributed by atoms with Crippen molar-refractivity contribution in [1.29, 1.82) is 0 Å². The lowest BCUT2D eigenvalue weighted by Gasteiger charge is -2.11. The first kappa shape index (κ1) is 11.9. The highest BCUT2D eigenvalue weighted by Crippen LogP contribution is 2.24. The van der Waals surface area contributed by atoms with Gasteiger partial charge in [0.2, 0.25) is 11.9 Å². The van der Waals surface area contributed by atoms with E-state index in [2.05, 4.69) is 20.3 Å². The predicted molar refractivity (Wildman–Crippen MR) is 65.9 cm³/mol. The van der Waals surface area contributed by atoms with Crippen LogP contribution in [0.15, 0.2) is 0 Å². The lowest BCUT2D eigenvalue weighted by molar-refractivity contribution is 0.312. The third-order valence-electron chi connectivity index (χ3n) is 2.93. The molecule has 1 heterocycles. The molecule has 0 spiro atoms. The van der Waals surface area contributed by atoms with Gasteiger partial charge in [-0.2, -0.15) is 15.0 Å². The number of ether oxygens (including phenoxy) is 1. The number of nitrogen functional groups attached to an aromatic ring is 1. The van der Waals surface area contributed by atoms with Crippen LogP contribution in [0.25, 0.3) is 0 Å². The van der Waals surface area contributed by atoms with Crippen LogP contribution in [0.2, 0.25) is 0 Å². The Bertz CT molecular complexity index is 365. The first-order valence-corrected chi connectivity index (χ1v) is 6.16. The molecule has 1 saturated carbocycles. The minimum absolute atomic E-state index is 0.192. The third kappa shape index (κ3) is 3.44. The van der Waals surface area contributed by atoms with Crippen molar-refractivity contribution in [3.8, 4) is 6.01 Å². The van der Waals surface area contributed by atoms with E-state index >= 15 is 0 Å². The van der Waals surface area contributed by atoms with Crippen LogP contribution in [0.1, 0.15) is 32.6 Å². The van der Waals surface area contributed by atoms with Gasteiger partial charge in [0, 0.05) is 6.54 Å². The summed E-state index contributed by atoms with van der Waals surface area (Å²) in [7, 11) is 0. The van der Waals surface area contributed by atoms with Gasteiger partial charge in [0.05, 0.1) is 6.61 Å². The van der Waals surface area contributed by atoms with E-state index in [0.717, 1.165) is 12.5 Å². The summed E-state index contributed by atoms with van der Waals surface area (Å²) in [4.78, 5) is 12.1. The Morgan fingerprint density at radius 3 is 2.76 bits per heavy atom. The average molecular weight is 237 g/mol. The Morgan fingerprint density at radius 1 is 1.29 bits per heavy atom. The summed E-state index contributed by atoms with van der Waals surface area (Å²) in [5.74, 6) is 1.42. The topological polar surface area (TPSA) is 86.0 Å². The second kappa shape index (κ2) is 5.65. The van der Waals surface area contributed by atoms with E-state index in [4.69, 9.17) is 10.5 Å². The Morgan fingerprint density at radius 2 is 2.06 bits per heavy atom. The molecular weight excluding hydrogens is 218 g/mol. The van der Waals surface area contributed by atoms with E-state index in [1.165, 1.54) is 25.7 Å². The van der Waals surface area contributed by atoms with E-state index in [1.807, 2.05) is 6.92 Å². The largest absolute Gasteiger partial charge is 0.464 e. The SMILES string of the molecule is CCOc1nc(N)nc(NCC2CCCC2)n1. The number of nitrogens with one attached hydrogen (secondary N) is 1. The molecule has 0 amide bonds. The highest BCUT2D eigenvalue weighted by Gasteiger charge is 2.15. The molecule has 17 heavy (non-hydrogen) atoms. The summed E-state index contributed by atoms with van der Waals surface area (Å²) in [6, 6.07) is 0.286. The van der Waals surface area contributed by atoms with Crippen molar-refractivity contribution in [2.24, 2.45) is 5.92 Å². The minimum atomic E-state index is 0.192. The molecule has 1 aromatic heterocycles. The van der Waals surface area contributed by atoms with Crippen LogP contribution >= 0.6 is 0 Å². The van der Waals surface area contributed by atoms with Crippen LogP contribution in [0, 0.1) is 5.92 Å². The quantitative estimate of drug-likeness (QED) is 0.806. The molecule has 1 aliphatic carbocycles. The van der Waals surface area contributed by atoms with Crippen molar-refractivity contribution >= 4 is 11.9 Å². The number of aromatic nitrogens is 3. The fourth-order valence-electron chi connectivity index (χ4n) is 2.09. The fourth-order valence-corrected chi connectivity index (χ4v) is 2.09. The third-order valence-corrected chi connectivity index (χ3v) is 2.93. The van der Waals surface area contributed by atoms with E-state index in [9.17, 15) is 0 Å². The van der Waals surface area contributed by atoms with Crippen LogP contribution in [0.3, 0.4) is 0 Å². The first-order chi connectivity index (χ1) is 8.28. The van der Waals surface area contributed by atoms with E-state index < -0.39 is 0 Å². The molecule has 0 atom stereocenters. The number of anilines is 2. The zero-order chi connectivity index (χ0) is 12.1. The Kier molecular flexibility index (Phi) is 3.95. The number of nitrogens with zero attached hydrogens (tertiary/aromatic N) is 3. The van der Waals surface area contributed by atoms with E-state index in [1.54, 1.807) is 0 Å². The van der Waals surface area contributed by atoms with Crippen molar-refractivity contribution in [3.05, 3.63) is 0 Å². The number of rotatable bonds is 5. The Balaban J connectivity index is 1.94. The lowest BCUT2D eigenvalue weighted by Crippen LogP contribution is -2.14. The standard InChI is InChI=1S/C11H19N5O/c1-2-17-11-15-9(12)14-10(16-11)13-7-8-5-3-4-6-8/h8H,2-7H2,1H3,(H3,12,13,14,15,16). The minimum Gasteiger partial charge on any atom is -0.464 e. The van der Waals surface area contributed by atoms with Gasteiger partial charge in [-0.3, -0.25) is 0 Å². The summed E-state index contributed by atoms with van der Waals surface area (Å²) >= 11 is 0. The monoisotopic (exact) mass is 237 g/mol. The zero-order valence-corrected chi connectivity index (χ0v) is 10.1. The molecule has 0 aliphatic heterocycles. The summed E-state index contributed by atoms with van der Waals surface area (Å²) in [6.07, 6.45) is 5.23. The number of hydrogen-bond donors (Lipinski definition) is 2. The van der Waals surface area contributed by atoms with Gasteiger partial charge >= 0.3 is 6.01 Å². The molecule has 2 rings (SSSR count). The van der Waals surface area contributed by atoms with Crippen LogP contribution in [-0.4, -0.2) is 28.1 Å². The van der Waals surface area contributed by atoms with Gasteiger partial charge in [-0.25, -0.2) is 0 Å². The van der Waals surface area contributed by atoms with E-state index in [0.29, 0.717) is 12.6 Å². The summed E-state index contributed by atoms with van der Waals surface area (Å²) in [5.41, 5.74) is 5.59. The highest BCUT2D eigenvalue weighted by molar-refractivity contribution is 5.32. The van der Waals surface area contributed by atoms with Crippen molar-refractivity contribution in [2.75, 3.05) is 24.2 Å². The maximum Gasteiger partial charge on any atom is 0.323 e. The fraction of sp³-hybridized carbons (Fsp3) is 0.727. The van der Waals surface area contributed by atoms with Gasteiger partial charge in [-0.15, -0.1) is 0 Å². The molecule has 3 N–H and O–H groups in total. The van der Waals surface area contributed by atoms with Gasteiger partial charge < -0.3 is 15.8 Å². The van der Waals surface area contributed by atoms with Crippen LogP contribution in [0.4, 0.5) is 11.9 Å². The molecule has 0 bridgehead atoms. The van der Waals surface area contributed by atoms with Crippen LogP contribution < -0.4 is 15.8 Å². The molecule has 1 aromatic rings. The second-order valence-corrected chi connectivity index (χ2v) is 4.26. The first-order valence-electron chi connectivity index (χ1n) is 6.16. The lowest BCUT2D eigenvalue weighted by atomic mass is 10.1. The molecule has 6 nitrogen and oxygen atoms in total.